The summed E-state index contributed by atoms with van der Waals surface area (Å²) in [4.78, 5) is 36.7. The van der Waals surface area contributed by atoms with E-state index in [1.807, 2.05) is 58.0 Å². The van der Waals surface area contributed by atoms with Gasteiger partial charge in [0.15, 0.2) is 11.3 Å². The zero-order chi connectivity index (χ0) is 34.7. The Hall–Kier alpha value is -2.79. The summed E-state index contributed by atoms with van der Waals surface area (Å²) in [5, 5.41) is 0.689. The van der Waals surface area contributed by atoms with E-state index in [0.717, 1.165) is 23.1 Å². The molecule has 0 amide bonds. The molecule has 0 fully saturated rings. The number of fused-ring (bicyclic) bond motifs is 1. The number of aromatic nitrogens is 1. The highest BCUT2D eigenvalue weighted by molar-refractivity contribution is 6.30. The minimum atomic E-state index is -0.141. The molecule has 1 aromatic carbocycles. The molecule has 2 heterocycles. The van der Waals surface area contributed by atoms with Gasteiger partial charge < -0.3 is 14.0 Å². The second kappa shape index (κ2) is 21.8. The zero-order valence-corrected chi connectivity index (χ0v) is 30.9. The van der Waals surface area contributed by atoms with Gasteiger partial charge in [-0.1, -0.05) is 133 Å². The Morgan fingerprint density at radius 1 is 0.932 bits per heavy atom. The Morgan fingerprint density at radius 2 is 1.43 bits per heavy atom. The van der Waals surface area contributed by atoms with E-state index in [1.54, 1.807) is 6.07 Å². The molecule has 0 spiro atoms. The average Bonchev–Trinajstić information content (AvgIpc) is 3.40. The van der Waals surface area contributed by atoms with E-state index in [4.69, 9.17) is 21.0 Å². The van der Waals surface area contributed by atoms with Gasteiger partial charge in [-0.3, -0.25) is 4.79 Å². The Morgan fingerprint density at radius 3 is 1.77 bits per heavy atom. The molecule has 0 aliphatic carbocycles. The lowest BCUT2D eigenvalue weighted by Gasteiger charge is -2.20. The number of halogens is 1. The first kappa shape index (κ1) is 43.3. The Bertz CT molecular complexity index is 1240. The predicted octanol–water partition coefficient (Wildman–Crippen LogP) is 12.1. The number of Topliss-reactive ketones (excluding diaryl/α,β-unsaturated/α-hetero) is 2. The second-order valence-electron chi connectivity index (χ2n) is 13.0. The number of carbonyl (C=O) groups is 3. The summed E-state index contributed by atoms with van der Waals surface area (Å²) in [6, 6.07) is 11.4. The topological polar surface area (TPSA) is 77.2 Å². The van der Waals surface area contributed by atoms with Gasteiger partial charge >= 0.3 is 0 Å². The molecule has 44 heavy (non-hydrogen) atoms. The Kier molecular flexibility index (Phi) is 21.5. The number of ketones is 2. The third-order valence-electron chi connectivity index (χ3n) is 6.37. The molecular formula is C38H60ClNO4. The molecule has 6 heteroatoms. The van der Waals surface area contributed by atoms with Crippen LogP contribution in [0.3, 0.4) is 0 Å². The van der Waals surface area contributed by atoms with E-state index in [-0.39, 0.29) is 22.9 Å². The smallest absolute Gasteiger partial charge is 0.200 e. The average molecular weight is 630 g/mol. The molecule has 3 rings (SSSR count). The Labute approximate surface area is 273 Å². The SMILES string of the molecule is CC.CC(=O)CCC=O.CC(C)C(=O)c1cc2nc(-c3ccc(Cl)cc3)cc(C(C)(C)C)c2o1.CCC(C)(C)C.CCCC. The lowest BCUT2D eigenvalue weighted by molar-refractivity contribution is -0.118. The van der Waals surface area contributed by atoms with E-state index in [9.17, 15) is 14.4 Å². The van der Waals surface area contributed by atoms with Gasteiger partial charge in [-0.2, -0.15) is 0 Å². The minimum Gasteiger partial charge on any atom is -0.451 e. The molecule has 0 atom stereocenters. The first-order chi connectivity index (χ1) is 20.4. The molecule has 0 aliphatic rings. The summed E-state index contributed by atoms with van der Waals surface area (Å²) in [7, 11) is 0. The van der Waals surface area contributed by atoms with Gasteiger partial charge in [0.25, 0.3) is 0 Å². The van der Waals surface area contributed by atoms with Crippen LogP contribution in [0.25, 0.3) is 22.4 Å². The van der Waals surface area contributed by atoms with E-state index in [0.29, 0.717) is 40.1 Å². The number of aldehydes is 1. The van der Waals surface area contributed by atoms with E-state index in [1.165, 1.54) is 26.2 Å². The van der Waals surface area contributed by atoms with Crippen molar-refractivity contribution in [3.05, 3.63) is 52.7 Å². The van der Waals surface area contributed by atoms with Gasteiger partial charge in [-0.15, -0.1) is 0 Å². The number of hydrogen-bond acceptors (Lipinski definition) is 5. The third-order valence-corrected chi connectivity index (χ3v) is 6.62. The number of pyridine rings is 1. The van der Waals surface area contributed by atoms with Crippen molar-refractivity contribution in [3.8, 4) is 11.3 Å². The first-order valence-corrected chi connectivity index (χ1v) is 16.5. The number of rotatable bonds is 7. The van der Waals surface area contributed by atoms with Crippen LogP contribution in [0, 0.1) is 11.3 Å². The summed E-state index contributed by atoms with van der Waals surface area (Å²) in [6.45, 7) is 28.9. The lowest BCUT2D eigenvalue weighted by atomic mass is 9.86. The zero-order valence-electron chi connectivity index (χ0n) is 30.1. The van der Waals surface area contributed by atoms with Crippen molar-refractivity contribution in [2.75, 3.05) is 0 Å². The van der Waals surface area contributed by atoms with Crippen LogP contribution >= 0.6 is 11.6 Å². The van der Waals surface area contributed by atoms with Crippen molar-refractivity contribution in [2.24, 2.45) is 11.3 Å². The van der Waals surface area contributed by atoms with E-state index >= 15 is 0 Å². The number of unbranched alkanes of at least 4 members (excludes halogenated alkanes) is 1. The summed E-state index contributed by atoms with van der Waals surface area (Å²) in [5.74, 6) is 0.323. The quantitative estimate of drug-likeness (QED) is 0.192. The van der Waals surface area contributed by atoms with Crippen LogP contribution in [-0.2, 0) is 15.0 Å². The first-order valence-electron chi connectivity index (χ1n) is 16.1. The lowest BCUT2D eigenvalue weighted by Crippen LogP contribution is -2.12. The molecule has 3 aromatic rings. The van der Waals surface area contributed by atoms with Gasteiger partial charge in [0.05, 0.1) is 5.69 Å². The highest BCUT2D eigenvalue weighted by atomic mass is 35.5. The molecule has 0 saturated heterocycles. The normalized spacial score (nSPS) is 10.6. The molecule has 2 aromatic heterocycles. The standard InChI is InChI=1S/C21H22ClNO2.C6H14.C5H8O2.C4H10.C2H6/c1-12(2)19(24)18-11-17-20(25-18)15(21(3,4)5)10-16(23-17)13-6-8-14(22)9-7-13;1-5-6(2,3)4;1-5(7)3-2-4-6;1-3-4-2;1-2/h6-12H,1-5H3;5H2,1-4H3;4H,2-3H2,1H3;3-4H2,1-2H3;1-2H3. The van der Waals surface area contributed by atoms with Crippen LogP contribution in [0.15, 0.2) is 40.8 Å². The second-order valence-corrected chi connectivity index (χ2v) is 13.4. The minimum absolute atomic E-state index is 0.00842. The molecular weight excluding hydrogens is 570 g/mol. The number of furan rings is 1. The molecule has 0 bridgehead atoms. The molecule has 0 N–H and O–H groups in total. The van der Waals surface area contributed by atoms with Gasteiger partial charge in [0, 0.05) is 41.0 Å². The molecule has 5 nitrogen and oxygen atoms in total. The summed E-state index contributed by atoms with van der Waals surface area (Å²) in [5.41, 5.74) is 4.66. The van der Waals surface area contributed by atoms with Crippen LogP contribution in [0.2, 0.25) is 5.02 Å². The maximum absolute atomic E-state index is 12.3. The van der Waals surface area contributed by atoms with Crippen molar-refractivity contribution < 1.29 is 18.8 Å². The highest BCUT2D eigenvalue weighted by Crippen LogP contribution is 2.35. The van der Waals surface area contributed by atoms with Crippen LogP contribution in [0.4, 0.5) is 0 Å². The fourth-order valence-electron chi connectivity index (χ4n) is 3.02. The maximum atomic E-state index is 12.3. The predicted molar refractivity (Wildman–Crippen MR) is 190 cm³/mol. The summed E-state index contributed by atoms with van der Waals surface area (Å²) < 4.78 is 5.93. The number of benzene rings is 1. The van der Waals surface area contributed by atoms with Crippen molar-refractivity contribution in [1.82, 2.24) is 4.98 Å². The van der Waals surface area contributed by atoms with Crippen molar-refractivity contribution in [3.63, 3.8) is 0 Å². The fraction of sp³-hybridized carbons (Fsp3) is 0.579. The molecule has 0 saturated carbocycles. The van der Waals surface area contributed by atoms with Crippen molar-refractivity contribution >= 4 is 40.6 Å². The molecule has 0 aliphatic heterocycles. The Balaban J connectivity index is 0. The van der Waals surface area contributed by atoms with E-state index < -0.39 is 0 Å². The summed E-state index contributed by atoms with van der Waals surface area (Å²) in [6.07, 6.45) is 5.42. The van der Waals surface area contributed by atoms with Gasteiger partial charge in [-0.05, 0) is 36.0 Å². The van der Waals surface area contributed by atoms with Crippen LogP contribution in [0.1, 0.15) is 145 Å². The van der Waals surface area contributed by atoms with Crippen LogP contribution in [-0.4, -0.2) is 22.8 Å². The van der Waals surface area contributed by atoms with Crippen molar-refractivity contribution in [2.45, 2.75) is 134 Å². The number of hydrogen-bond donors (Lipinski definition) is 0. The monoisotopic (exact) mass is 629 g/mol. The highest BCUT2D eigenvalue weighted by Gasteiger charge is 2.24. The summed E-state index contributed by atoms with van der Waals surface area (Å²) >= 11 is 5.99. The fourth-order valence-corrected chi connectivity index (χ4v) is 3.14. The van der Waals surface area contributed by atoms with Gasteiger partial charge in [-0.25, -0.2) is 4.98 Å². The maximum Gasteiger partial charge on any atom is 0.200 e. The number of carbonyl (C=O) groups excluding carboxylic acids is 3. The van der Waals surface area contributed by atoms with Gasteiger partial charge in [0.1, 0.15) is 17.6 Å². The largest absolute Gasteiger partial charge is 0.451 e. The van der Waals surface area contributed by atoms with Crippen LogP contribution < -0.4 is 0 Å². The third kappa shape index (κ3) is 17.5. The van der Waals surface area contributed by atoms with Crippen LogP contribution in [0.5, 0.6) is 0 Å². The van der Waals surface area contributed by atoms with Gasteiger partial charge in [0.2, 0.25) is 5.78 Å². The van der Waals surface area contributed by atoms with E-state index in [2.05, 4.69) is 62.3 Å². The molecule has 0 unspecified atom stereocenters. The molecule has 248 valence electrons. The molecule has 0 radical (unpaired) electrons. The van der Waals surface area contributed by atoms with Crippen molar-refractivity contribution in [1.29, 1.82) is 0 Å². The number of nitrogens with zero attached hydrogens (tertiary/aromatic N) is 1.